The highest BCUT2D eigenvalue weighted by Gasteiger charge is 2.18. The highest BCUT2D eigenvalue weighted by atomic mass is 16.1. The minimum atomic E-state index is 0.135. The van der Waals surface area contributed by atoms with Crippen LogP contribution in [0.1, 0.15) is 31.2 Å². The summed E-state index contributed by atoms with van der Waals surface area (Å²) in [6.07, 6.45) is 10.2. The van der Waals surface area contributed by atoms with Crippen LogP contribution in [-0.4, -0.2) is 49.0 Å². The molecule has 1 saturated heterocycles. The van der Waals surface area contributed by atoms with Crippen molar-refractivity contribution in [3.05, 3.63) is 36.0 Å². The van der Waals surface area contributed by atoms with Crippen LogP contribution < -0.4 is 10.2 Å². The fourth-order valence-electron chi connectivity index (χ4n) is 3.35. The SMILES string of the molecule is CN1CCCN(c2ccc(CNC(=O)[C@@H]3CC=CCC3)cn2)CC1. The molecule has 1 aromatic heterocycles. The van der Waals surface area contributed by atoms with E-state index in [2.05, 4.69) is 51.4 Å². The zero-order valence-corrected chi connectivity index (χ0v) is 14.6. The summed E-state index contributed by atoms with van der Waals surface area (Å²) in [5.74, 6) is 1.34. The Kier molecular flexibility index (Phi) is 5.86. The molecule has 0 saturated carbocycles. The van der Waals surface area contributed by atoms with E-state index in [9.17, 15) is 4.79 Å². The first-order chi connectivity index (χ1) is 11.7. The molecule has 0 spiro atoms. The molecule has 24 heavy (non-hydrogen) atoms. The van der Waals surface area contributed by atoms with Gasteiger partial charge in [0.2, 0.25) is 5.91 Å². The number of anilines is 1. The second-order valence-corrected chi connectivity index (χ2v) is 6.87. The second kappa shape index (κ2) is 8.29. The van der Waals surface area contributed by atoms with Crippen molar-refractivity contribution < 1.29 is 4.79 Å². The molecule has 0 radical (unpaired) electrons. The Morgan fingerprint density at radius 1 is 1.25 bits per heavy atom. The maximum absolute atomic E-state index is 12.2. The minimum absolute atomic E-state index is 0.135. The number of allylic oxidation sites excluding steroid dienone is 2. The van der Waals surface area contributed by atoms with E-state index in [1.165, 1.54) is 6.42 Å². The largest absolute Gasteiger partial charge is 0.355 e. The maximum atomic E-state index is 12.2. The first kappa shape index (κ1) is 17.0. The van der Waals surface area contributed by atoms with E-state index in [-0.39, 0.29) is 11.8 Å². The van der Waals surface area contributed by atoms with E-state index in [1.54, 1.807) is 0 Å². The van der Waals surface area contributed by atoms with Crippen molar-refractivity contribution in [3.8, 4) is 0 Å². The van der Waals surface area contributed by atoms with E-state index in [0.29, 0.717) is 6.54 Å². The van der Waals surface area contributed by atoms with Gasteiger partial charge < -0.3 is 15.1 Å². The van der Waals surface area contributed by atoms with Crippen LogP contribution in [0, 0.1) is 5.92 Å². The molecule has 1 aliphatic carbocycles. The number of amides is 1. The monoisotopic (exact) mass is 328 g/mol. The fraction of sp³-hybridized carbons (Fsp3) is 0.579. The lowest BCUT2D eigenvalue weighted by atomic mass is 9.93. The van der Waals surface area contributed by atoms with E-state index < -0.39 is 0 Å². The normalized spacial score (nSPS) is 22.2. The predicted molar refractivity (Wildman–Crippen MR) is 96.9 cm³/mol. The van der Waals surface area contributed by atoms with Crippen molar-refractivity contribution in [1.82, 2.24) is 15.2 Å². The van der Waals surface area contributed by atoms with Crippen molar-refractivity contribution >= 4 is 11.7 Å². The maximum Gasteiger partial charge on any atom is 0.223 e. The molecule has 0 bridgehead atoms. The van der Waals surface area contributed by atoms with Crippen LogP contribution in [0.2, 0.25) is 0 Å². The van der Waals surface area contributed by atoms with Gasteiger partial charge in [0.25, 0.3) is 0 Å². The van der Waals surface area contributed by atoms with Crippen LogP contribution in [-0.2, 0) is 11.3 Å². The van der Waals surface area contributed by atoms with Crippen molar-refractivity contribution in [2.24, 2.45) is 5.92 Å². The lowest BCUT2D eigenvalue weighted by Gasteiger charge is -2.22. The molecule has 1 atom stereocenters. The molecule has 5 nitrogen and oxygen atoms in total. The number of aromatic nitrogens is 1. The Morgan fingerprint density at radius 3 is 2.92 bits per heavy atom. The van der Waals surface area contributed by atoms with Gasteiger partial charge in [-0.2, -0.15) is 0 Å². The Hall–Kier alpha value is -1.88. The van der Waals surface area contributed by atoms with Gasteiger partial charge in [-0.25, -0.2) is 4.98 Å². The number of carbonyl (C=O) groups is 1. The summed E-state index contributed by atoms with van der Waals surface area (Å²) in [4.78, 5) is 21.5. The van der Waals surface area contributed by atoms with Crippen molar-refractivity contribution in [2.75, 3.05) is 38.1 Å². The summed E-state index contributed by atoms with van der Waals surface area (Å²) in [5, 5.41) is 3.05. The molecule has 3 rings (SSSR count). The summed E-state index contributed by atoms with van der Waals surface area (Å²) in [6, 6.07) is 4.16. The van der Waals surface area contributed by atoms with Gasteiger partial charge in [-0.05, 0) is 50.9 Å². The van der Waals surface area contributed by atoms with Crippen molar-refractivity contribution in [2.45, 2.75) is 32.2 Å². The van der Waals surface area contributed by atoms with Gasteiger partial charge in [-0.15, -0.1) is 0 Å². The molecular weight excluding hydrogens is 300 g/mol. The molecule has 1 aromatic rings. The molecule has 1 aliphatic heterocycles. The standard InChI is InChI=1S/C19H28N4O/c1-22-10-5-11-23(13-12-22)18-9-8-16(14-20-18)15-21-19(24)17-6-3-2-4-7-17/h2-3,8-9,14,17H,4-7,10-13,15H2,1H3,(H,21,24)/t17-/m1/s1. The van der Waals surface area contributed by atoms with Crippen LogP contribution in [0.15, 0.2) is 30.5 Å². The molecule has 0 unspecified atom stereocenters. The average molecular weight is 328 g/mol. The lowest BCUT2D eigenvalue weighted by molar-refractivity contribution is -0.125. The molecule has 2 heterocycles. The highest BCUT2D eigenvalue weighted by molar-refractivity contribution is 5.78. The third-order valence-corrected chi connectivity index (χ3v) is 4.96. The number of rotatable bonds is 4. The summed E-state index contributed by atoms with van der Waals surface area (Å²) in [7, 11) is 2.17. The summed E-state index contributed by atoms with van der Waals surface area (Å²) in [5.41, 5.74) is 1.06. The average Bonchev–Trinajstić information content (AvgIpc) is 2.85. The number of nitrogens with one attached hydrogen (secondary N) is 1. The zero-order valence-electron chi connectivity index (χ0n) is 14.6. The Morgan fingerprint density at radius 2 is 2.17 bits per heavy atom. The van der Waals surface area contributed by atoms with Gasteiger partial charge in [0.05, 0.1) is 0 Å². The molecule has 5 heteroatoms. The number of nitrogens with zero attached hydrogens (tertiary/aromatic N) is 3. The van der Waals surface area contributed by atoms with Gasteiger partial charge >= 0.3 is 0 Å². The van der Waals surface area contributed by atoms with Crippen LogP contribution in [0.3, 0.4) is 0 Å². The van der Waals surface area contributed by atoms with Crippen molar-refractivity contribution in [3.63, 3.8) is 0 Å². The quantitative estimate of drug-likeness (QED) is 0.861. The molecule has 2 aliphatic rings. The third kappa shape index (κ3) is 4.57. The zero-order chi connectivity index (χ0) is 16.8. The Labute approximate surface area is 144 Å². The number of hydrogen-bond donors (Lipinski definition) is 1. The topological polar surface area (TPSA) is 48.5 Å². The van der Waals surface area contributed by atoms with E-state index in [0.717, 1.165) is 56.8 Å². The Balaban J connectivity index is 1.51. The van der Waals surface area contributed by atoms with Crippen molar-refractivity contribution in [1.29, 1.82) is 0 Å². The first-order valence-corrected chi connectivity index (χ1v) is 9.03. The van der Waals surface area contributed by atoms with Gasteiger partial charge in [0.15, 0.2) is 0 Å². The molecule has 0 aromatic carbocycles. The van der Waals surface area contributed by atoms with E-state index >= 15 is 0 Å². The van der Waals surface area contributed by atoms with Gasteiger partial charge in [-0.1, -0.05) is 18.2 Å². The lowest BCUT2D eigenvalue weighted by Crippen LogP contribution is -2.31. The molecule has 130 valence electrons. The number of likely N-dealkylation sites (N-methyl/N-ethyl adjacent to an activating group) is 1. The molecular formula is C19H28N4O. The minimum Gasteiger partial charge on any atom is -0.355 e. The predicted octanol–water partition coefficient (Wildman–Crippen LogP) is 2.20. The first-order valence-electron chi connectivity index (χ1n) is 9.03. The summed E-state index contributed by atoms with van der Waals surface area (Å²) in [6.45, 7) is 4.87. The second-order valence-electron chi connectivity index (χ2n) is 6.87. The highest BCUT2D eigenvalue weighted by Crippen LogP contribution is 2.18. The van der Waals surface area contributed by atoms with Gasteiger partial charge in [-0.3, -0.25) is 4.79 Å². The van der Waals surface area contributed by atoms with Gasteiger partial charge in [0.1, 0.15) is 5.82 Å². The third-order valence-electron chi connectivity index (χ3n) is 4.96. The molecule has 1 fully saturated rings. The number of carbonyl (C=O) groups excluding carboxylic acids is 1. The Bertz CT molecular complexity index is 569. The fourth-order valence-corrected chi connectivity index (χ4v) is 3.35. The van der Waals surface area contributed by atoms with Crippen LogP contribution in [0.5, 0.6) is 0 Å². The molecule has 1 amide bonds. The number of pyridine rings is 1. The number of hydrogen-bond acceptors (Lipinski definition) is 4. The summed E-state index contributed by atoms with van der Waals surface area (Å²) < 4.78 is 0. The van der Waals surface area contributed by atoms with E-state index in [1.807, 2.05) is 6.20 Å². The molecule has 1 N–H and O–H groups in total. The van der Waals surface area contributed by atoms with Crippen LogP contribution in [0.4, 0.5) is 5.82 Å². The van der Waals surface area contributed by atoms with Gasteiger partial charge in [0, 0.05) is 38.3 Å². The van der Waals surface area contributed by atoms with Crippen LogP contribution in [0.25, 0.3) is 0 Å². The van der Waals surface area contributed by atoms with Crippen LogP contribution >= 0.6 is 0 Å². The van der Waals surface area contributed by atoms with E-state index in [4.69, 9.17) is 0 Å². The smallest absolute Gasteiger partial charge is 0.223 e. The summed E-state index contributed by atoms with van der Waals surface area (Å²) >= 11 is 0.